The van der Waals surface area contributed by atoms with E-state index in [2.05, 4.69) is 46.4 Å². The first-order valence-corrected chi connectivity index (χ1v) is 11.8. The molecule has 0 unspecified atom stereocenters. The van der Waals surface area contributed by atoms with Crippen molar-refractivity contribution in [1.29, 1.82) is 0 Å². The number of fused-ring (bicyclic) bond motifs is 1. The van der Waals surface area contributed by atoms with E-state index in [1.54, 1.807) is 18.4 Å². The summed E-state index contributed by atoms with van der Waals surface area (Å²) in [5, 5.41) is 20.5. The predicted octanol–water partition coefficient (Wildman–Crippen LogP) is 4.13. The Labute approximate surface area is 186 Å². The van der Waals surface area contributed by atoms with Gasteiger partial charge in [-0.05, 0) is 51.5 Å². The molecule has 1 saturated heterocycles. The fraction of sp³-hybridized carbons (Fsp3) is 0.591. The van der Waals surface area contributed by atoms with Crippen molar-refractivity contribution in [2.75, 3.05) is 37.0 Å². The van der Waals surface area contributed by atoms with Crippen LogP contribution in [-0.4, -0.2) is 52.1 Å². The van der Waals surface area contributed by atoms with E-state index in [0.717, 1.165) is 58.6 Å². The van der Waals surface area contributed by atoms with Gasteiger partial charge in [0.1, 0.15) is 0 Å². The molecule has 4 heterocycles. The van der Waals surface area contributed by atoms with E-state index in [0.29, 0.717) is 11.8 Å². The zero-order chi connectivity index (χ0) is 21.6. The van der Waals surface area contributed by atoms with Crippen molar-refractivity contribution in [1.82, 2.24) is 20.2 Å². The molecule has 8 nitrogen and oxygen atoms in total. The summed E-state index contributed by atoms with van der Waals surface area (Å²) in [6.45, 7) is 6.09. The standard InChI is InChI=1S/C22H30N6O2S/c1-22(2,30-3)17-10-16-19(31-17)20(24-18-11-15(26-27-18)14-4-5-14)25-21(23-16)28-8-6-13(12-29)7-9-28/h10-11,13-14,29H,4-9,12H2,1-3H3,(H2,23,24,25,26,27). The summed E-state index contributed by atoms with van der Waals surface area (Å²) in [6, 6.07) is 4.20. The number of aliphatic hydroxyl groups excluding tert-OH is 1. The molecule has 1 aliphatic heterocycles. The van der Waals surface area contributed by atoms with Crippen LogP contribution in [-0.2, 0) is 10.3 Å². The molecule has 5 rings (SSSR count). The van der Waals surface area contributed by atoms with Gasteiger partial charge < -0.3 is 20.1 Å². The summed E-state index contributed by atoms with van der Waals surface area (Å²) in [5.41, 5.74) is 1.71. The zero-order valence-electron chi connectivity index (χ0n) is 18.3. The molecule has 0 amide bonds. The minimum absolute atomic E-state index is 0.253. The van der Waals surface area contributed by atoms with Crippen molar-refractivity contribution in [2.45, 2.75) is 51.0 Å². The van der Waals surface area contributed by atoms with E-state index in [1.165, 1.54) is 18.5 Å². The number of aromatic amines is 1. The molecular formula is C22H30N6O2S. The summed E-state index contributed by atoms with van der Waals surface area (Å²) >= 11 is 1.66. The van der Waals surface area contributed by atoms with Crippen molar-refractivity contribution in [2.24, 2.45) is 5.92 Å². The summed E-state index contributed by atoms with van der Waals surface area (Å²) in [5.74, 6) is 3.28. The average molecular weight is 443 g/mol. The first kappa shape index (κ1) is 20.7. The first-order chi connectivity index (χ1) is 15.0. The van der Waals surface area contributed by atoms with Crippen LogP contribution in [0.5, 0.6) is 0 Å². The number of methoxy groups -OCH3 is 1. The maximum atomic E-state index is 9.47. The normalized spacial score (nSPS) is 18.1. The fourth-order valence-electron chi connectivity index (χ4n) is 3.98. The topological polar surface area (TPSA) is 99.2 Å². The van der Waals surface area contributed by atoms with Gasteiger partial charge in [-0.25, -0.2) is 4.98 Å². The van der Waals surface area contributed by atoms with E-state index in [4.69, 9.17) is 14.7 Å². The van der Waals surface area contributed by atoms with E-state index in [9.17, 15) is 5.11 Å². The van der Waals surface area contributed by atoms with Crippen molar-refractivity contribution >= 4 is 39.1 Å². The molecule has 0 radical (unpaired) electrons. The fourth-order valence-corrected chi connectivity index (χ4v) is 5.10. The van der Waals surface area contributed by atoms with Crippen LogP contribution in [0, 0.1) is 5.92 Å². The van der Waals surface area contributed by atoms with Gasteiger partial charge in [0.15, 0.2) is 11.6 Å². The van der Waals surface area contributed by atoms with Crippen LogP contribution in [0.4, 0.5) is 17.6 Å². The van der Waals surface area contributed by atoms with Crippen LogP contribution in [0.15, 0.2) is 12.1 Å². The maximum absolute atomic E-state index is 9.47. The second kappa shape index (κ2) is 8.03. The average Bonchev–Trinajstić information content (AvgIpc) is 3.36. The van der Waals surface area contributed by atoms with Gasteiger partial charge >= 0.3 is 0 Å². The van der Waals surface area contributed by atoms with Gasteiger partial charge in [0.2, 0.25) is 5.95 Å². The van der Waals surface area contributed by atoms with Crippen LogP contribution < -0.4 is 10.2 Å². The number of rotatable bonds is 7. The first-order valence-electron chi connectivity index (χ1n) is 11.0. The van der Waals surface area contributed by atoms with Crippen molar-refractivity contribution in [3.63, 3.8) is 0 Å². The van der Waals surface area contributed by atoms with Crippen LogP contribution in [0.2, 0.25) is 0 Å². The van der Waals surface area contributed by atoms with E-state index in [1.807, 2.05) is 0 Å². The van der Waals surface area contributed by atoms with Gasteiger partial charge in [-0.2, -0.15) is 10.1 Å². The lowest BCUT2D eigenvalue weighted by Gasteiger charge is -2.31. The molecule has 9 heteroatoms. The Kier molecular flexibility index (Phi) is 5.35. The molecule has 3 aromatic heterocycles. The molecule has 166 valence electrons. The quantitative estimate of drug-likeness (QED) is 0.506. The molecule has 0 spiro atoms. The van der Waals surface area contributed by atoms with Crippen molar-refractivity contribution in [3.05, 3.63) is 22.7 Å². The molecule has 1 saturated carbocycles. The number of aliphatic hydroxyl groups is 1. The third-order valence-electron chi connectivity index (χ3n) is 6.48. The largest absolute Gasteiger partial charge is 0.396 e. The Hall–Kier alpha value is -2.23. The van der Waals surface area contributed by atoms with Crippen LogP contribution >= 0.6 is 11.3 Å². The summed E-state index contributed by atoms with van der Waals surface area (Å²) in [6.07, 6.45) is 4.37. The Morgan fingerprint density at radius 1 is 1.23 bits per heavy atom. The third kappa shape index (κ3) is 4.14. The van der Waals surface area contributed by atoms with Gasteiger partial charge in [0.25, 0.3) is 0 Å². The molecule has 0 aromatic carbocycles. The molecular weight excluding hydrogens is 412 g/mol. The Bertz CT molecular complexity index is 1070. The monoisotopic (exact) mass is 442 g/mol. The number of hydrogen-bond donors (Lipinski definition) is 3. The zero-order valence-corrected chi connectivity index (χ0v) is 19.1. The molecule has 0 bridgehead atoms. The minimum atomic E-state index is -0.395. The Morgan fingerprint density at radius 2 is 2.00 bits per heavy atom. The number of H-pyrrole nitrogens is 1. The lowest BCUT2D eigenvalue weighted by atomic mass is 9.98. The Morgan fingerprint density at radius 3 is 2.68 bits per heavy atom. The predicted molar refractivity (Wildman–Crippen MR) is 123 cm³/mol. The number of nitrogens with one attached hydrogen (secondary N) is 2. The molecule has 3 N–H and O–H groups in total. The van der Waals surface area contributed by atoms with Gasteiger partial charge in [-0.1, -0.05) is 0 Å². The smallest absolute Gasteiger partial charge is 0.227 e. The van der Waals surface area contributed by atoms with E-state index in [-0.39, 0.29) is 6.61 Å². The van der Waals surface area contributed by atoms with Gasteiger partial charge in [-0.3, -0.25) is 5.10 Å². The van der Waals surface area contributed by atoms with Crippen molar-refractivity contribution < 1.29 is 9.84 Å². The number of ether oxygens (including phenoxy) is 1. The van der Waals surface area contributed by atoms with Crippen LogP contribution in [0.25, 0.3) is 10.2 Å². The third-order valence-corrected chi connectivity index (χ3v) is 7.92. The number of thiophene rings is 1. The second-order valence-electron chi connectivity index (χ2n) is 9.13. The van der Waals surface area contributed by atoms with Crippen LogP contribution in [0.1, 0.15) is 56.0 Å². The maximum Gasteiger partial charge on any atom is 0.227 e. The highest BCUT2D eigenvalue weighted by atomic mass is 32.1. The molecule has 1 aliphatic carbocycles. The Balaban J connectivity index is 1.51. The molecule has 0 atom stereocenters. The minimum Gasteiger partial charge on any atom is -0.396 e. The lowest BCUT2D eigenvalue weighted by molar-refractivity contribution is 0.0224. The molecule has 31 heavy (non-hydrogen) atoms. The molecule has 2 aliphatic rings. The second-order valence-corrected chi connectivity index (χ2v) is 10.2. The van der Waals surface area contributed by atoms with E-state index >= 15 is 0 Å². The highest BCUT2D eigenvalue weighted by molar-refractivity contribution is 7.19. The summed E-state index contributed by atoms with van der Waals surface area (Å²) in [4.78, 5) is 13.1. The van der Waals surface area contributed by atoms with Gasteiger partial charge in [0.05, 0.1) is 15.8 Å². The SMILES string of the molecule is COC(C)(C)c1cc2nc(N3CCC(CO)CC3)nc(Nc3cc(C4CC4)[nH]n3)c2s1. The summed E-state index contributed by atoms with van der Waals surface area (Å²) in [7, 11) is 1.73. The van der Waals surface area contributed by atoms with Crippen LogP contribution in [0.3, 0.4) is 0 Å². The van der Waals surface area contributed by atoms with E-state index < -0.39 is 5.60 Å². The lowest BCUT2D eigenvalue weighted by Crippen LogP contribution is -2.35. The number of piperidine rings is 1. The van der Waals surface area contributed by atoms with Gasteiger partial charge in [0, 0.05) is 49.4 Å². The van der Waals surface area contributed by atoms with Gasteiger partial charge in [-0.15, -0.1) is 11.3 Å². The summed E-state index contributed by atoms with van der Waals surface area (Å²) < 4.78 is 6.71. The molecule has 2 fully saturated rings. The molecule has 3 aromatic rings. The number of nitrogens with zero attached hydrogens (tertiary/aromatic N) is 4. The highest BCUT2D eigenvalue weighted by Crippen LogP contribution is 2.41. The van der Waals surface area contributed by atoms with Crippen molar-refractivity contribution in [3.8, 4) is 0 Å². The number of anilines is 3. The number of hydrogen-bond acceptors (Lipinski definition) is 8. The number of aromatic nitrogens is 4. The highest BCUT2D eigenvalue weighted by Gasteiger charge is 2.28.